The lowest BCUT2D eigenvalue weighted by Crippen LogP contribution is -2.38. The zero-order valence-corrected chi connectivity index (χ0v) is 10.4. The molecule has 0 spiro atoms. The van der Waals surface area contributed by atoms with Crippen LogP contribution in [0.25, 0.3) is 0 Å². The minimum atomic E-state index is -0.0682. The molecule has 1 aliphatic heterocycles. The van der Waals surface area contributed by atoms with Crippen LogP contribution in [0.3, 0.4) is 0 Å². The smallest absolute Gasteiger partial charge is 0.289 e. The highest BCUT2D eigenvalue weighted by Gasteiger charge is 2.23. The van der Waals surface area contributed by atoms with Crippen molar-refractivity contribution in [1.29, 1.82) is 0 Å². The molecular formula is C10H11BrClNO2. The molecule has 1 aromatic heterocycles. The maximum atomic E-state index is 11.9. The van der Waals surface area contributed by atoms with E-state index in [4.69, 9.17) is 16.0 Å². The topological polar surface area (TPSA) is 33.5 Å². The van der Waals surface area contributed by atoms with Crippen molar-refractivity contribution >= 4 is 33.4 Å². The normalized spacial score (nSPS) is 18.1. The Labute approximate surface area is 102 Å². The van der Waals surface area contributed by atoms with Crippen LogP contribution in [0, 0.1) is 0 Å². The number of amides is 1. The van der Waals surface area contributed by atoms with E-state index in [0.29, 0.717) is 10.6 Å². The molecule has 2 rings (SSSR count). The minimum absolute atomic E-state index is 0.0682. The van der Waals surface area contributed by atoms with Crippen molar-refractivity contribution in [3.63, 3.8) is 0 Å². The lowest BCUT2D eigenvalue weighted by atomic mass is 10.1. The summed E-state index contributed by atoms with van der Waals surface area (Å²) in [6, 6.07) is 3.21. The molecule has 0 aliphatic carbocycles. The maximum absolute atomic E-state index is 11.9. The van der Waals surface area contributed by atoms with E-state index in [2.05, 4.69) is 15.9 Å². The fraction of sp³-hybridized carbons (Fsp3) is 0.500. The predicted molar refractivity (Wildman–Crippen MR) is 61.6 cm³/mol. The number of likely N-dealkylation sites (tertiary alicyclic amines) is 1. The molecule has 0 atom stereocenters. The van der Waals surface area contributed by atoms with Gasteiger partial charge in [-0.05, 0) is 36.6 Å². The second kappa shape index (κ2) is 4.58. The van der Waals surface area contributed by atoms with Gasteiger partial charge in [-0.25, -0.2) is 0 Å². The summed E-state index contributed by atoms with van der Waals surface area (Å²) in [4.78, 5) is 14.2. The summed E-state index contributed by atoms with van der Waals surface area (Å²) in [5.74, 6) is 0.259. The Morgan fingerprint density at radius 1 is 1.47 bits per heavy atom. The fourth-order valence-electron chi connectivity index (χ4n) is 1.64. The zero-order valence-electron chi connectivity index (χ0n) is 8.08. The highest BCUT2D eigenvalue weighted by atomic mass is 79.9. The molecule has 0 unspecified atom stereocenters. The van der Waals surface area contributed by atoms with Crippen LogP contribution in [0.1, 0.15) is 23.4 Å². The highest BCUT2D eigenvalue weighted by Crippen LogP contribution is 2.21. The molecule has 1 amide bonds. The second-order valence-electron chi connectivity index (χ2n) is 3.57. The fourth-order valence-corrected chi connectivity index (χ4v) is 2.19. The molecule has 1 fully saturated rings. The van der Waals surface area contributed by atoms with E-state index in [1.54, 1.807) is 17.0 Å². The third-order valence-corrected chi connectivity index (χ3v) is 3.61. The van der Waals surface area contributed by atoms with Gasteiger partial charge in [0.25, 0.3) is 5.91 Å². The van der Waals surface area contributed by atoms with Gasteiger partial charge in [0.05, 0.1) is 0 Å². The van der Waals surface area contributed by atoms with Crippen LogP contribution in [0.4, 0.5) is 0 Å². The first kappa shape index (κ1) is 11.0. The lowest BCUT2D eigenvalue weighted by Gasteiger charge is -2.28. The average molecular weight is 293 g/mol. The van der Waals surface area contributed by atoms with Crippen LogP contribution in [-0.4, -0.2) is 28.7 Å². The van der Waals surface area contributed by atoms with E-state index < -0.39 is 0 Å². The summed E-state index contributed by atoms with van der Waals surface area (Å²) in [5, 5.41) is 0.258. The Bertz CT molecular complexity index is 358. The molecule has 1 aromatic rings. The number of nitrogens with zero attached hydrogens (tertiary/aromatic N) is 1. The number of carbonyl (C=O) groups excluding carboxylic acids is 1. The van der Waals surface area contributed by atoms with Crippen LogP contribution < -0.4 is 0 Å². The molecule has 1 saturated heterocycles. The van der Waals surface area contributed by atoms with Gasteiger partial charge in [-0.2, -0.15) is 0 Å². The summed E-state index contributed by atoms with van der Waals surface area (Å²) in [6.07, 6.45) is 1.97. The van der Waals surface area contributed by atoms with Gasteiger partial charge >= 0.3 is 0 Å². The van der Waals surface area contributed by atoms with Crippen molar-refractivity contribution in [2.24, 2.45) is 0 Å². The van der Waals surface area contributed by atoms with E-state index >= 15 is 0 Å². The quantitative estimate of drug-likeness (QED) is 0.746. The molecule has 1 aliphatic rings. The van der Waals surface area contributed by atoms with Gasteiger partial charge < -0.3 is 9.32 Å². The Kier molecular flexibility index (Phi) is 3.36. The van der Waals surface area contributed by atoms with Gasteiger partial charge in [0.15, 0.2) is 11.0 Å². The van der Waals surface area contributed by atoms with Crippen molar-refractivity contribution in [1.82, 2.24) is 4.90 Å². The summed E-state index contributed by atoms with van der Waals surface area (Å²) < 4.78 is 5.09. The minimum Gasteiger partial charge on any atom is -0.440 e. The average Bonchev–Trinajstić information content (AvgIpc) is 2.65. The number of carbonyl (C=O) groups is 1. The third-order valence-electron chi connectivity index (χ3n) is 2.50. The van der Waals surface area contributed by atoms with Crippen LogP contribution in [-0.2, 0) is 0 Å². The van der Waals surface area contributed by atoms with Gasteiger partial charge in [0, 0.05) is 17.9 Å². The first-order valence-electron chi connectivity index (χ1n) is 4.85. The molecule has 0 saturated carbocycles. The molecular weight excluding hydrogens is 281 g/mol. The van der Waals surface area contributed by atoms with Crippen LogP contribution >= 0.6 is 27.5 Å². The molecule has 0 radical (unpaired) electrons. The predicted octanol–water partition coefficient (Wildman–Crippen LogP) is 2.93. The molecule has 15 heavy (non-hydrogen) atoms. The van der Waals surface area contributed by atoms with Gasteiger partial charge in [0.1, 0.15) is 0 Å². The Morgan fingerprint density at radius 3 is 2.67 bits per heavy atom. The Morgan fingerprint density at radius 2 is 2.13 bits per heavy atom. The first-order chi connectivity index (χ1) is 7.16. The standard InChI is InChI=1S/C10H11BrClNO2/c11-7-3-5-13(6-4-7)10(14)8-1-2-9(12)15-8/h1-2,7H,3-6H2. The second-order valence-corrected chi connectivity index (χ2v) is 5.24. The number of hydrogen-bond acceptors (Lipinski definition) is 2. The van der Waals surface area contributed by atoms with Gasteiger partial charge in [-0.3, -0.25) is 4.79 Å². The molecule has 0 bridgehead atoms. The van der Waals surface area contributed by atoms with Crippen molar-refractivity contribution < 1.29 is 9.21 Å². The van der Waals surface area contributed by atoms with Crippen LogP contribution in [0.2, 0.25) is 5.22 Å². The number of furan rings is 1. The molecule has 3 nitrogen and oxygen atoms in total. The summed E-state index contributed by atoms with van der Waals surface area (Å²) in [7, 11) is 0. The first-order valence-corrected chi connectivity index (χ1v) is 6.15. The largest absolute Gasteiger partial charge is 0.440 e. The SMILES string of the molecule is O=C(c1ccc(Cl)o1)N1CCC(Br)CC1. The lowest BCUT2D eigenvalue weighted by molar-refractivity contribution is 0.0696. The van der Waals surface area contributed by atoms with E-state index in [1.165, 1.54) is 0 Å². The van der Waals surface area contributed by atoms with E-state index in [0.717, 1.165) is 25.9 Å². The maximum Gasteiger partial charge on any atom is 0.289 e. The zero-order chi connectivity index (χ0) is 10.8. The summed E-state index contributed by atoms with van der Waals surface area (Å²) in [6.45, 7) is 1.54. The van der Waals surface area contributed by atoms with Crippen molar-refractivity contribution in [3.05, 3.63) is 23.1 Å². The number of piperidine rings is 1. The molecule has 2 heterocycles. The van der Waals surface area contributed by atoms with E-state index in [1.807, 2.05) is 0 Å². The van der Waals surface area contributed by atoms with Crippen LogP contribution in [0.5, 0.6) is 0 Å². The van der Waals surface area contributed by atoms with Crippen LogP contribution in [0.15, 0.2) is 16.5 Å². The van der Waals surface area contributed by atoms with Crippen molar-refractivity contribution in [2.45, 2.75) is 17.7 Å². The Hall–Kier alpha value is -0.480. The highest BCUT2D eigenvalue weighted by molar-refractivity contribution is 9.09. The van der Waals surface area contributed by atoms with E-state index in [-0.39, 0.29) is 11.1 Å². The summed E-state index contributed by atoms with van der Waals surface area (Å²) >= 11 is 9.16. The number of alkyl halides is 1. The molecule has 0 N–H and O–H groups in total. The number of hydrogen-bond donors (Lipinski definition) is 0. The monoisotopic (exact) mass is 291 g/mol. The summed E-state index contributed by atoms with van der Waals surface area (Å²) in [5.41, 5.74) is 0. The Balaban J connectivity index is 2.02. The third kappa shape index (κ3) is 2.55. The van der Waals surface area contributed by atoms with Gasteiger partial charge in [0.2, 0.25) is 0 Å². The number of rotatable bonds is 1. The van der Waals surface area contributed by atoms with Gasteiger partial charge in [-0.1, -0.05) is 15.9 Å². The number of halogens is 2. The molecule has 5 heteroatoms. The van der Waals surface area contributed by atoms with Crippen molar-refractivity contribution in [2.75, 3.05) is 13.1 Å². The molecule has 82 valence electrons. The van der Waals surface area contributed by atoms with Crippen molar-refractivity contribution in [3.8, 4) is 0 Å². The van der Waals surface area contributed by atoms with E-state index in [9.17, 15) is 4.79 Å². The molecule has 0 aromatic carbocycles. The van der Waals surface area contributed by atoms with Gasteiger partial charge in [-0.15, -0.1) is 0 Å².